The highest BCUT2D eigenvalue weighted by Crippen LogP contribution is 2.39. The third-order valence-electron chi connectivity index (χ3n) is 6.17. The van der Waals surface area contributed by atoms with Gasteiger partial charge in [0.2, 0.25) is 5.91 Å². The highest BCUT2D eigenvalue weighted by Gasteiger charge is 2.43. The van der Waals surface area contributed by atoms with Crippen molar-refractivity contribution in [3.8, 4) is 0 Å². The molecule has 0 aromatic carbocycles. The molecule has 1 amide bonds. The number of piperidine rings is 1. The molecule has 1 aliphatic carbocycles. The average molecular weight is 323 g/mol. The molecule has 2 N–H and O–H groups in total. The molecule has 0 spiro atoms. The summed E-state index contributed by atoms with van der Waals surface area (Å²) in [5.74, 6) is 0.334. The van der Waals surface area contributed by atoms with Gasteiger partial charge in [-0.25, -0.2) is 0 Å². The van der Waals surface area contributed by atoms with Gasteiger partial charge in [-0.05, 0) is 39.0 Å². The van der Waals surface area contributed by atoms with E-state index < -0.39 is 0 Å². The van der Waals surface area contributed by atoms with Gasteiger partial charge in [0.25, 0.3) is 0 Å². The van der Waals surface area contributed by atoms with Crippen LogP contribution in [0.2, 0.25) is 0 Å². The summed E-state index contributed by atoms with van der Waals surface area (Å²) in [5, 5.41) is 0. The smallest absolute Gasteiger partial charge is 0.224 e. The standard InChI is InChI=1S/C18H33N3O2/c1-15(19)16-6-2-5-9-21(16)17(22)14-18(7-3-4-8-18)20-10-12-23-13-11-20/h15-16H,2-14,19H2,1H3. The van der Waals surface area contributed by atoms with Crippen molar-refractivity contribution < 1.29 is 9.53 Å². The summed E-state index contributed by atoms with van der Waals surface area (Å²) >= 11 is 0. The third kappa shape index (κ3) is 3.72. The van der Waals surface area contributed by atoms with Crippen molar-refractivity contribution in [1.29, 1.82) is 0 Å². The minimum absolute atomic E-state index is 0.0714. The van der Waals surface area contributed by atoms with Gasteiger partial charge in [0.05, 0.1) is 13.2 Å². The fraction of sp³-hybridized carbons (Fsp3) is 0.944. The molecule has 2 unspecified atom stereocenters. The van der Waals surface area contributed by atoms with Gasteiger partial charge in [-0.3, -0.25) is 9.69 Å². The SMILES string of the molecule is CC(N)C1CCCCN1C(=O)CC1(N2CCOCC2)CCCC1. The molecule has 2 aliphatic heterocycles. The lowest BCUT2D eigenvalue weighted by Gasteiger charge is -2.45. The molecular weight excluding hydrogens is 290 g/mol. The Morgan fingerprint density at radius 1 is 1.17 bits per heavy atom. The number of rotatable bonds is 4. The van der Waals surface area contributed by atoms with Crippen molar-refractivity contribution in [2.45, 2.75) is 75.9 Å². The average Bonchev–Trinajstić information content (AvgIpc) is 3.05. The van der Waals surface area contributed by atoms with Gasteiger partial charge in [-0.1, -0.05) is 12.8 Å². The summed E-state index contributed by atoms with van der Waals surface area (Å²) in [6, 6.07) is 0.307. The number of likely N-dealkylation sites (tertiary alicyclic amines) is 1. The van der Waals surface area contributed by atoms with Crippen LogP contribution in [0.15, 0.2) is 0 Å². The Hall–Kier alpha value is -0.650. The first-order valence-electron chi connectivity index (χ1n) is 9.50. The number of hydrogen-bond acceptors (Lipinski definition) is 4. The number of nitrogens with two attached hydrogens (primary N) is 1. The molecule has 0 bridgehead atoms. The zero-order chi connectivity index (χ0) is 16.3. The van der Waals surface area contributed by atoms with Crippen molar-refractivity contribution in [3.63, 3.8) is 0 Å². The van der Waals surface area contributed by atoms with Gasteiger partial charge >= 0.3 is 0 Å². The number of ether oxygens (including phenoxy) is 1. The maximum Gasteiger partial charge on any atom is 0.224 e. The highest BCUT2D eigenvalue weighted by atomic mass is 16.5. The summed E-state index contributed by atoms with van der Waals surface area (Å²) in [7, 11) is 0. The molecule has 2 saturated heterocycles. The Labute approximate surface area is 140 Å². The van der Waals surface area contributed by atoms with E-state index in [-0.39, 0.29) is 17.6 Å². The van der Waals surface area contributed by atoms with E-state index in [0.29, 0.717) is 12.3 Å². The van der Waals surface area contributed by atoms with Crippen LogP contribution in [0, 0.1) is 0 Å². The summed E-state index contributed by atoms with van der Waals surface area (Å²) in [6.07, 6.45) is 8.89. The van der Waals surface area contributed by atoms with Gasteiger partial charge in [0, 0.05) is 43.7 Å². The maximum absolute atomic E-state index is 13.1. The van der Waals surface area contributed by atoms with Crippen LogP contribution in [0.1, 0.15) is 58.3 Å². The van der Waals surface area contributed by atoms with Crippen LogP contribution < -0.4 is 5.73 Å². The number of morpholine rings is 1. The molecule has 3 rings (SSSR count). The van der Waals surface area contributed by atoms with E-state index in [4.69, 9.17) is 10.5 Å². The first-order chi connectivity index (χ1) is 11.1. The first kappa shape index (κ1) is 17.2. The van der Waals surface area contributed by atoms with Crippen LogP contribution in [-0.2, 0) is 9.53 Å². The van der Waals surface area contributed by atoms with Crippen LogP contribution >= 0.6 is 0 Å². The van der Waals surface area contributed by atoms with E-state index >= 15 is 0 Å². The fourth-order valence-corrected chi connectivity index (χ4v) is 4.87. The highest BCUT2D eigenvalue weighted by molar-refractivity contribution is 5.78. The van der Waals surface area contributed by atoms with Crippen molar-refractivity contribution in [3.05, 3.63) is 0 Å². The van der Waals surface area contributed by atoms with Crippen molar-refractivity contribution in [2.24, 2.45) is 5.73 Å². The number of hydrogen-bond donors (Lipinski definition) is 1. The summed E-state index contributed by atoms with van der Waals surface area (Å²) in [5.41, 5.74) is 6.24. The monoisotopic (exact) mass is 323 g/mol. The Morgan fingerprint density at radius 2 is 1.87 bits per heavy atom. The Kier molecular flexibility index (Phi) is 5.60. The van der Waals surface area contributed by atoms with E-state index in [1.165, 1.54) is 19.3 Å². The van der Waals surface area contributed by atoms with Crippen molar-refractivity contribution in [1.82, 2.24) is 9.80 Å². The van der Waals surface area contributed by atoms with Crippen LogP contribution in [0.3, 0.4) is 0 Å². The predicted molar refractivity (Wildman–Crippen MR) is 91.2 cm³/mol. The molecule has 0 aromatic heterocycles. The molecule has 5 heteroatoms. The van der Waals surface area contributed by atoms with E-state index in [1.807, 2.05) is 6.92 Å². The van der Waals surface area contributed by atoms with Crippen LogP contribution in [0.5, 0.6) is 0 Å². The number of carbonyl (C=O) groups is 1. The molecule has 3 aliphatic rings. The lowest BCUT2D eigenvalue weighted by molar-refractivity contribution is -0.139. The second-order valence-electron chi connectivity index (χ2n) is 7.72. The number of nitrogens with zero attached hydrogens (tertiary/aromatic N) is 2. The predicted octanol–water partition coefficient (Wildman–Crippen LogP) is 1.75. The Bertz CT molecular complexity index is 401. The van der Waals surface area contributed by atoms with Crippen LogP contribution in [-0.4, -0.2) is 66.2 Å². The number of amides is 1. The lowest BCUT2D eigenvalue weighted by Crippen LogP contribution is -2.57. The maximum atomic E-state index is 13.1. The quantitative estimate of drug-likeness (QED) is 0.856. The van der Waals surface area contributed by atoms with Crippen molar-refractivity contribution in [2.75, 3.05) is 32.8 Å². The zero-order valence-corrected chi connectivity index (χ0v) is 14.6. The molecule has 5 nitrogen and oxygen atoms in total. The van der Waals surface area contributed by atoms with E-state index in [2.05, 4.69) is 9.80 Å². The van der Waals surface area contributed by atoms with Gasteiger partial charge in [-0.15, -0.1) is 0 Å². The van der Waals surface area contributed by atoms with Gasteiger partial charge in [0.1, 0.15) is 0 Å². The largest absolute Gasteiger partial charge is 0.379 e. The van der Waals surface area contributed by atoms with Crippen LogP contribution in [0.25, 0.3) is 0 Å². The molecule has 2 atom stereocenters. The molecule has 23 heavy (non-hydrogen) atoms. The van der Waals surface area contributed by atoms with Gasteiger partial charge in [0.15, 0.2) is 0 Å². The van der Waals surface area contributed by atoms with E-state index in [0.717, 1.165) is 58.5 Å². The third-order valence-corrected chi connectivity index (χ3v) is 6.17. The molecule has 2 heterocycles. The molecule has 1 saturated carbocycles. The Balaban J connectivity index is 1.70. The van der Waals surface area contributed by atoms with Crippen LogP contribution in [0.4, 0.5) is 0 Å². The minimum Gasteiger partial charge on any atom is -0.379 e. The number of carbonyl (C=O) groups excluding carboxylic acids is 1. The molecular formula is C18H33N3O2. The summed E-state index contributed by atoms with van der Waals surface area (Å²) in [6.45, 7) is 6.51. The molecule has 132 valence electrons. The zero-order valence-electron chi connectivity index (χ0n) is 14.6. The normalized spacial score (nSPS) is 30.3. The van der Waals surface area contributed by atoms with E-state index in [9.17, 15) is 4.79 Å². The minimum atomic E-state index is 0.0714. The molecule has 0 aromatic rings. The Morgan fingerprint density at radius 3 is 2.52 bits per heavy atom. The van der Waals surface area contributed by atoms with Crippen molar-refractivity contribution >= 4 is 5.91 Å². The second kappa shape index (κ2) is 7.49. The van der Waals surface area contributed by atoms with Gasteiger partial charge in [-0.2, -0.15) is 0 Å². The molecule has 3 fully saturated rings. The first-order valence-corrected chi connectivity index (χ1v) is 9.50. The molecule has 0 radical (unpaired) electrons. The summed E-state index contributed by atoms with van der Waals surface area (Å²) in [4.78, 5) is 17.8. The van der Waals surface area contributed by atoms with E-state index in [1.54, 1.807) is 0 Å². The van der Waals surface area contributed by atoms with Gasteiger partial charge < -0.3 is 15.4 Å². The lowest BCUT2D eigenvalue weighted by atomic mass is 9.88. The summed E-state index contributed by atoms with van der Waals surface area (Å²) < 4.78 is 5.52. The second-order valence-corrected chi connectivity index (χ2v) is 7.72. The fourth-order valence-electron chi connectivity index (χ4n) is 4.87. The topological polar surface area (TPSA) is 58.8 Å².